The first-order chi connectivity index (χ1) is 14.9. The zero-order valence-corrected chi connectivity index (χ0v) is 17.6. The summed E-state index contributed by atoms with van der Waals surface area (Å²) in [6, 6.07) is 7.64. The molecule has 0 N–H and O–H groups in total. The number of fused-ring (bicyclic) bond motifs is 1. The Kier molecular flexibility index (Phi) is 4.58. The number of hydrogen-bond donors (Lipinski definition) is 0. The minimum atomic E-state index is -0.747. The number of likely N-dealkylation sites (tertiary alicyclic amines) is 1. The maximum absolute atomic E-state index is 13.4. The van der Waals surface area contributed by atoms with Gasteiger partial charge in [0.15, 0.2) is 5.82 Å². The van der Waals surface area contributed by atoms with E-state index in [1.807, 2.05) is 36.4 Å². The standard InChI is InChI=1S/C22H24N4O5/c1-13-23-17(31-24-13)11-25(2)20(27)18-16-7-8-22(30-16)12-26(21(28)19(18)22)10-14-5-4-6-15(9-14)29-3/h4-9,16,18-19H,10-12H2,1-3H3/t16-,18+,19-,22-/m0/s1. The van der Waals surface area contributed by atoms with Gasteiger partial charge < -0.3 is 23.8 Å². The first-order valence-electron chi connectivity index (χ1n) is 10.2. The summed E-state index contributed by atoms with van der Waals surface area (Å²) in [5.41, 5.74) is 0.220. The minimum Gasteiger partial charge on any atom is -0.497 e. The molecule has 9 heteroatoms. The molecule has 4 heterocycles. The predicted octanol–water partition coefficient (Wildman–Crippen LogP) is 1.33. The number of aromatic nitrogens is 2. The molecule has 2 saturated heterocycles. The number of rotatable bonds is 6. The van der Waals surface area contributed by atoms with Crippen LogP contribution in [0.5, 0.6) is 5.75 Å². The predicted molar refractivity (Wildman–Crippen MR) is 108 cm³/mol. The van der Waals surface area contributed by atoms with Crippen LogP contribution in [0.3, 0.4) is 0 Å². The molecule has 31 heavy (non-hydrogen) atoms. The van der Waals surface area contributed by atoms with Crippen LogP contribution >= 0.6 is 0 Å². The molecular formula is C22H24N4O5. The van der Waals surface area contributed by atoms with Crippen LogP contribution in [0.15, 0.2) is 40.9 Å². The van der Waals surface area contributed by atoms with Crippen LogP contribution in [0.4, 0.5) is 0 Å². The first kappa shape index (κ1) is 19.7. The van der Waals surface area contributed by atoms with Gasteiger partial charge in [-0.1, -0.05) is 29.4 Å². The van der Waals surface area contributed by atoms with Gasteiger partial charge in [0.2, 0.25) is 17.7 Å². The molecule has 1 spiro atoms. The highest BCUT2D eigenvalue weighted by molar-refractivity contribution is 5.93. The van der Waals surface area contributed by atoms with Crippen LogP contribution in [0.2, 0.25) is 0 Å². The van der Waals surface area contributed by atoms with E-state index in [1.165, 1.54) is 4.90 Å². The Morgan fingerprint density at radius 1 is 1.42 bits per heavy atom. The fourth-order valence-electron chi connectivity index (χ4n) is 4.92. The van der Waals surface area contributed by atoms with Gasteiger partial charge in [-0.15, -0.1) is 0 Å². The lowest BCUT2D eigenvalue weighted by Crippen LogP contribution is -2.44. The third-order valence-corrected chi connectivity index (χ3v) is 6.29. The van der Waals surface area contributed by atoms with Gasteiger partial charge in [-0.05, 0) is 24.6 Å². The lowest BCUT2D eigenvalue weighted by Gasteiger charge is -2.27. The third kappa shape index (κ3) is 3.20. The first-order valence-corrected chi connectivity index (χ1v) is 10.2. The number of amides is 2. The Morgan fingerprint density at radius 3 is 3.00 bits per heavy atom. The molecule has 9 nitrogen and oxygen atoms in total. The number of aryl methyl sites for hydroxylation is 1. The van der Waals surface area contributed by atoms with E-state index in [0.29, 0.717) is 24.8 Å². The molecule has 3 aliphatic rings. The second kappa shape index (κ2) is 7.19. The summed E-state index contributed by atoms with van der Waals surface area (Å²) in [5.74, 6) is 0.295. The van der Waals surface area contributed by atoms with Gasteiger partial charge in [0.05, 0.1) is 38.1 Å². The van der Waals surface area contributed by atoms with E-state index >= 15 is 0 Å². The number of ether oxygens (including phenoxy) is 2. The van der Waals surface area contributed by atoms with Crippen molar-refractivity contribution in [1.29, 1.82) is 0 Å². The summed E-state index contributed by atoms with van der Waals surface area (Å²) < 4.78 is 16.6. The van der Waals surface area contributed by atoms with E-state index in [-0.39, 0.29) is 18.4 Å². The van der Waals surface area contributed by atoms with Crippen molar-refractivity contribution in [2.75, 3.05) is 20.7 Å². The van der Waals surface area contributed by atoms with Crippen LogP contribution in [-0.2, 0) is 27.4 Å². The van der Waals surface area contributed by atoms with E-state index in [0.717, 1.165) is 11.3 Å². The molecule has 2 aromatic rings. The van der Waals surface area contributed by atoms with Crippen molar-refractivity contribution in [3.8, 4) is 5.75 Å². The van der Waals surface area contributed by atoms with Gasteiger partial charge in [-0.3, -0.25) is 9.59 Å². The Balaban J connectivity index is 1.35. The lowest BCUT2D eigenvalue weighted by atomic mass is 9.76. The molecule has 1 aromatic heterocycles. The topological polar surface area (TPSA) is 98.0 Å². The Bertz CT molecular complexity index is 1070. The van der Waals surface area contributed by atoms with Gasteiger partial charge in [0, 0.05) is 13.6 Å². The minimum absolute atomic E-state index is 0.0601. The zero-order chi connectivity index (χ0) is 21.8. The van der Waals surface area contributed by atoms with Crippen LogP contribution in [0, 0.1) is 18.8 Å². The molecule has 5 rings (SSSR count). The van der Waals surface area contributed by atoms with Crippen LogP contribution in [-0.4, -0.2) is 64.2 Å². The summed E-state index contributed by atoms with van der Waals surface area (Å²) in [6.07, 6.45) is 3.47. The molecule has 0 saturated carbocycles. The van der Waals surface area contributed by atoms with Crippen molar-refractivity contribution in [2.45, 2.75) is 31.7 Å². The molecule has 2 bridgehead atoms. The second-order valence-corrected chi connectivity index (χ2v) is 8.38. The van der Waals surface area contributed by atoms with E-state index < -0.39 is 23.5 Å². The van der Waals surface area contributed by atoms with E-state index in [1.54, 1.807) is 26.0 Å². The van der Waals surface area contributed by atoms with E-state index in [2.05, 4.69) is 10.1 Å². The third-order valence-electron chi connectivity index (χ3n) is 6.29. The van der Waals surface area contributed by atoms with Gasteiger partial charge in [0.25, 0.3) is 0 Å². The zero-order valence-electron chi connectivity index (χ0n) is 17.6. The second-order valence-electron chi connectivity index (χ2n) is 8.38. The molecule has 2 amide bonds. The number of carbonyl (C=O) groups excluding carboxylic acids is 2. The number of nitrogens with zero attached hydrogens (tertiary/aromatic N) is 4. The van der Waals surface area contributed by atoms with Crippen LogP contribution in [0.1, 0.15) is 17.3 Å². The summed E-state index contributed by atoms with van der Waals surface area (Å²) in [5, 5.41) is 3.76. The lowest BCUT2D eigenvalue weighted by molar-refractivity contribution is -0.143. The monoisotopic (exact) mass is 424 g/mol. The van der Waals surface area contributed by atoms with E-state index in [4.69, 9.17) is 14.0 Å². The quantitative estimate of drug-likeness (QED) is 0.645. The number of hydrogen-bond acceptors (Lipinski definition) is 7. The van der Waals surface area contributed by atoms with Crippen molar-refractivity contribution in [3.05, 3.63) is 53.7 Å². The maximum Gasteiger partial charge on any atom is 0.246 e. The van der Waals surface area contributed by atoms with Crippen LogP contribution in [0.25, 0.3) is 0 Å². The van der Waals surface area contributed by atoms with Crippen LogP contribution < -0.4 is 4.74 Å². The Hall–Kier alpha value is -3.20. The molecule has 0 aliphatic carbocycles. The average molecular weight is 424 g/mol. The largest absolute Gasteiger partial charge is 0.497 e. The highest BCUT2D eigenvalue weighted by Gasteiger charge is 2.67. The van der Waals surface area contributed by atoms with Crippen molar-refractivity contribution in [2.24, 2.45) is 11.8 Å². The van der Waals surface area contributed by atoms with Crippen molar-refractivity contribution >= 4 is 11.8 Å². The Labute approximate surface area is 179 Å². The highest BCUT2D eigenvalue weighted by atomic mass is 16.5. The smallest absolute Gasteiger partial charge is 0.246 e. The molecule has 0 radical (unpaired) electrons. The molecule has 3 aliphatic heterocycles. The summed E-state index contributed by atoms with van der Waals surface area (Å²) in [7, 11) is 3.29. The Morgan fingerprint density at radius 2 is 2.26 bits per heavy atom. The summed E-state index contributed by atoms with van der Waals surface area (Å²) >= 11 is 0. The van der Waals surface area contributed by atoms with E-state index in [9.17, 15) is 9.59 Å². The molecule has 1 aromatic carbocycles. The van der Waals surface area contributed by atoms with Gasteiger partial charge in [0.1, 0.15) is 11.4 Å². The highest BCUT2D eigenvalue weighted by Crippen LogP contribution is 2.52. The fourth-order valence-corrected chi connectivity index (χ4v) is 4.92. The SMILES string of the molecule is COc1cccc(CN2C[C@]34C=C[C@H](O3)[C@@H](C(=O)N(C)Cc3nc(C)no3)[C@H]4C2=O)c1. The average Bonchev–Trinajstić information content (AvgIpc) is 3.50. The normalized spacial score (nSPS) is 28.3. The summed E-state index contributed by atoms with van der Waals surface area (Å²) in [4.78, 5) is 34.2. The van der Waals surface area contributed by atoms with Gasteiger partial charge in [-0.2, -0.15) is 4.98 Å². The number of methoxy groups -OCH3 is 1. The van der Waals surface area contributed by atoms with Crippen molar-refractivity contribution in [3.63, 3.8) is 0 Å². The van der Waals surface area contributed by atoms with Gasteiger partial charge in [-0.25, -0.2) is 0 Å². The molecule has 0 unspecified atom stereocenters. The maximum atomic E-state index is 13.4. The number of benzene rings is 1. The summed E-state index contributed by atoms with van der Waals surface area (Å²) in [6.45, 7) is 2.78. The molecular weight excluding hydrogens is 400 g/mol. The number of carbonyl (C=O) groups is 2. The van der Waals surface area contributed by atoms with Crippen molar-refractivity contribution in [1.82, 2.24) is 19.9 Å². The molecule has 4 atom stereocenters. The molecule has 2 fully saturated rings. The van der Waals surface area contributed by atoms with Gasteiger partial charge >= 0.3 is 0 Å². The molecule has 162 valence electrons. The van der Waals surface area contributed by atoms with Crippen molar-refractivity contribution < 1.29 is 23.6 Å². The fraction of sp³-hybridized carbons (Fsp3) is 0.455.